The molecule has 0 saturated heterocycles. The van der Waals surface area contributed by atoms with Crippen LogP contribution in [0.4, 0.5) is 11.6 Å². The highest BCUT2D eigenvalue weighted by atomic mass is 32.1. The van der Waals surface area contributed by atoms with E-state index in [0.29, 0.717) is 24.6 Å². The maximum atomic E-state index is 12.4. The van der Waals surface area contributed by atoms with Gasteiger partial charge in [0.15, 0.2) is 0 Å². The fraction of sp³-hybridized carbons (Fsp3) is 0.333. The van der Waals surface area contributed by atoms with Gasteiger partial charge < -0.3 is 15.5 Å². The zero-order chi connectivity index (χ0) is 19.4. The molecule has 27 heavy (non-hydrogen) atoms. The number of aryl methyl sites for hydroxylation is 2. The number of carbonyl (C=O) groups excluding carboxylic acids is 1. The van der Waals surface area contributed by atoms with Gasteiger partial charge in [0.1, 0.15) is 28.8 Å². The summed E-state index contributed by atoms with van der Waals surface area (Å²) in [5.41, 5.74) is 1.34. The van der Waals surface area contributed by atoms with E-state index < -0.39 is 0 Å². The fourth-order valence-corrected chi connectivity index (χ4v) is 3.23. The summed E-state index contributed by atoms with van der Waals surface area (Å²) < 4.78 is 1.61. The van der Waals surface area contributed by atoms with Crippen LogP contribution in [0.1, 0.15) is 16.3 Å². The predicted octanol–water partition coefficient (Wildman–Crippen LogP) is 2.15. The first-order valence-electron chi connectivity index (χ1n) is 8.57. The SMILES string of the molecule is Cc1nc(NCCNC(=O)c2cc(-c3cccs3)nn2C)cc(N(C)C)n1. The normalized spacial score (nSPS) is 10.7. The van der Waals surface area contributed by atoms with E-state index in [2.05, 4.69) is 25.7 Å². The van der Waals surface area contributed by atoms with Gasteiger partial charge in [0.25, 0.3) is 5.91 Å². The quantitative estimate of drug-likeness (QED) is 0.606. The molecule has 1 amide bonds. The third-order valence-corrected chi connectivity index (χ3v) is 4.78. The second kappa shape index (κ2) is 8.17. The number of anilines is 2. The molecule has 0 aliphatic heterocycles. The molecule has 142 valence electrons. The Balaban J connectivity index is 1.55. The number of rotatable bonds is 7. The Hall–Kier alpha value is -2.94. The topological polar surface area (TPSA) is 88.0 Å². The third kappa shape index (κ3) is 4.62. The van der Waals surface area contributed by atoms with Gasteiger partial charge in [-0.2, -0.15) is 5.10 Å². The molecule has 8 nitrogen and oxygen atoms in total. The highest BCUT2D eigenvalue weighted by Crippen LogP contribution is 2.23. The van der Waals surface area contributed by atoms with Gasteiger partial charge >= 0.3 is 0 Å². The van der Waals surface area contributed by atoms with Crippen LogP contribution in [0.3, 0.4) is 0 Å². The summed E-state index contributed by atoms with van der Waals surface area (Å²) in [6.07, 6.45) is 0. The third-order valence-electron chi connectivity index (χ3n) is 3.89. The number of thiophene rings is 1. The van der Waals surface area contributed by atoms with Crippen molar-refractivity contribution in [3.8, 4) is 10.6 Å². The maximum absolute atomic E-state index is 12.4. The number of nitrogens with zero attached hydrogens (tertiary/aromatic N) is 5. The average molecular weight is 385 g/mol. The van der Waals surface area contributed by atoms with E-state index in [1.165, 1.54) is 0 Å². The summed E-state index contributed by atoms with van der Waals surface area (Å²) in [6.45, 7) is 2.89. The highest BCUT2D eigenvalue weighted by Gasteiger charge is 2.14. The molecule has 0 aliphatic carbocycles. The van der Waals surface area contributed by atoms with Crippen molar-refractivity contribution < 1.29 is 4.79 Å². The second-order valence-corrected chi connectivity index (χ2v) is 7.20. The van der Waals surface area contributed by atoms with Gasteiger partial charge in [0.05, 0.1) is 4.88 Å². The summed E-state index contributed by atoms with van der Waals surface area (Å²) in [5, 5.41) is 12.5. The Morgan fingerprint density at radius 1 is 1.26 bits per heavy atom. The van der Waals surface area contributed by atoms with Gasteiger partial charge in [-0.25, -0.2) is 9.97 Å². The minimum atomic E-state index is -0.151. The first-order valence-corrected chi connectivity index (χ1v) is 9.45. The molecule has 0 unspecified atom stereocenters. The molecule has 0 aliphatic rings. The lowest BCUT2D eigenvalue weighted by Gasteiger charge is -2.14. The number of hydrogen-bond donors (Lipinski definition) is 2. The lowest BCUT2D eigenvalue weighted by molar-refractivity contribution is 0.0946. The summed E-state index contributed by atoms with van der Waals surface area (Å²) in [5.74, 6) is 2.12. The van der Waals surface area contributed by atoms with Crippen molar-refractivity contribution in [1.82, 2.24) is 25.1 Å². The average Bonchev–Trinajstić information content (AvgIpc) is 3.27. The van der Waals surface area contributed by atoms with Crippen molar-refractivity contribution in [3.63, 3.8) is 0 Å². The number of carbonyl (C=O) groups is 1. The van der Waals surface area contributed by atoms with Crippen molar-refractivity contribution in [1.29, 1.82) is 0 Å². The molecule has 3 heterocycles. The Morgan fingerprint density at radius 2 is 2.07 bits per heavy atom. The molecular formula is C18H23N7OS. The molecule has 0 saturated carbocycles. The van der Waals surface area contributed by atoms with Crippen LogP contribution in [0.15, 0.2) is 29.6 Å². The van der Waals surface area contributed by atoms with Crippen molar-refractivity contribution >= 4 is 28.9 Å². The molecule has 9 heteroatoms. The van der Waals surface area contributed by atoms with Crippen LogP contribution in [0.5, 0.6) is 0 Å². The monoisotopic (exact) mass is 385 g/mol. The van der Waals surface area contributed by atoms with Gasteiger partial charge in [-0.3, -0.25) is 9.48 Å². The van der Waals surface area contributed by atoms with Crippen LogP contribution in [-0.2, 0) is 7.05 Å². The molecule has 3 rings (SSSR count). The van der Waals surface area contributed by atoms with Crippen molar-refractivity contribution in [2.75, 3.05) is 37.4 Å². The predicted molar refractivity (Wildman–Crippen MR) is 108 cm³/mol. The van der Waals surface area contributed by atoms with Gasteiger partial charge in [0, 0.05) is 40.3 Å². The van der Waals surface area contributed by atoms with Gasteiger partial charge in [-0.1, -0.05) is 6.07 Å². The Bertz CT molecular complexity index is 918. The number of aromatic nitrogens is 4. The smallest absolute Gasteiger partial charge is 0.269 e. The fourth-order valence-electron chi connectivity index (χ4n) is 2.55. The molecule has 0 aromatic carbocycles. The van der Waals surface area contributed by atoms with Gasteiger partial charge in [0.2, 0.25) is 0 Å². The summed E-state index contributed by atoms with van der Waals surface area (Å²) in [7, 11) is 5.64. The lowest BCUT2D eigenvalue weighted by Crippen LogP contribution is -2.30. The number of hydrogen-bond acceptors (Lipinski definition) is 7. The molecular weight excluding hydrogens is 362 g/mol. The minimum absolute atomic E-state index is 0.151. The largest absolute Gasteiger partial charge is 0.368 e. The standard InChI is InChI=1S/C18H23N7OS/c1-12-21-16(11-17(22-12)24(2)3)19-7-8-20-18(26)14-10-13(23-25(14)4)15-6-5-9-27-15/h5-6,9-11H,7-8H2,1-4H3,(H,20,26)(H,19,21,22). The number of nitrogens with one attached hydrogen (secondary N) is 2. The highest BCUT2D eigenvalue weighted by molar-refractivity contribution is 7.13. The maximum Gasteiger partial charge on any atom is 0.269 e. The molecule has 0 radical (unpaired) electrons. The van der Waals surface area contributed by atoms with E-state index in [1.54, 1.807) is 23.1 Å². The Morgan fingerprint density at radius 3 is 2.78 bits per heavy atom. The first kappa shape index (κ1) is 18.8. The van der Waals surface area contributed by atoms with Crippen LogP contribution < -0.4 is 15.5 Å². The van der Waals surface area contributed by atoms with Crippen LogP contribution in [0.25, 0.3) is 10.6 Å². The zero-order valence-corrected chi connectivity index (χ0v) is 16.7. The zero-order valence-electron chi connectivity index (χ0n) is 15.9. The molecule has 0 bridgehead atoms. The molecule has 3 aromatic heterocycles. The molecule has 2 N–H and O–H groups in total. The van der Waals surface area contributed by atoms with Crippen LogP contribution >= 0.6 is 11.3 Å². The van der Waals surface area contributed by atoms with Crippen molar-refractivity contribution in [2.45, 2.75) is 6.92 Å². The molecule has 0 atom stereocenters. The van der Waals surface area contributed by atoms with E-state index in [4.69, 9.17) is 0 Å². The summed E-state index contributed by atoms with van der Waals surface area (Å²) >= 11 is 1.60. The Kier molecular flexibility index (Phi) is 5.70. The number of amides is 1. The van der Waals surface area contributed by atoms with E-state index in [9.17, 15) is 4.79 Å². The summed E-state index contributed by atoms with van der Waals surface area (Å²) in [6, 6.07) is 7.65. The van der Waals surface area contributed by atoms with E-state index in [0.717, 1.165) is 22.2 Å². The van der Waals surface area contributed by atoms with E-state index >= 15 is 0 Å². The van der Waals surface area contributed by atoms with Crippen molar-refractivity contribution in [2.24, 2.45) is 7.05 Å². The van der Waals surface area contributed by atoms with E-state index in [-0.39, 0.29) is 5.91 Å². The molecule has 0 spiro atoms. The summed E-state index contributed by atoms with van der Waals surface area (Å²) in [4.78, 5) is 24.1. The van der Waals surface area contributed by atoms with Gasteiger partial charge in [-0.15, -0.1) is 11.3 Å². The first-order chi connectivity index (χ1) is 12.9. The van der Waals surface area contributed by atoms with Gasteiger partial charge in [-0.05, 0) is 24.4 Å². The van der Waals surface area contributed by atoms with E-state index in [1.807, 2.05) is 55.6 Å². The molecule has 0 fully saturated rings. The second-order valence-electron chi connectivity index (χ2n) is 6.25. The van der Waals surface area contributed by atoms with Crippen LogP contribution in [0, 0.1) is 6.92 Å². The van der Waals surface area contributed by atoms with Crippen LogP contribution in [0.2, 0.25) is 0 Å². The van der Waals surface area contributed by atoms with Crippen LogP contribution in [-0.4, -0.2) is 52.8 Å². The molecule has 3 aromatic rings. The lowest BCUT2D eigenvalue weighted by atomic mass is 10.3. The minimum Gasteiger partial charge on any atom is -0.368 e. The van der Waals surface area contributed by atoms with Crippen molar-refractivity contribution in [3.05, 3.63) is 41.2 Å². The Labute approximate surface area is 162 Å².